The summed E-state index contributed by atoms with van der Waals surface area (Å²) in [5, 5.41) is 3.80. The minimum atomic E-state index is -3.58. The SMILES string of the molecule is CC[C@H](NC(=O)CCCN(c1cc(Cl)ccc1Cl)S(C)(=O)=O)c1ccc2c(c1)CCCC2. The third-order valence-electron chi connectivity index (χ3n) is 5.86. The fourth-order valence-electron chi connectivity index (χ4n) is 4.18. The summed E-state index contributed by atoms with van der Waals surface area (Å²) in [4.78, 5) is 12.6. The monoisotopic (exact) mass is 496 g/mol. The van der Waals surface area contributed by atoms with Gasteiger partial charge in [0.15, 0.2) is 0 Å². The topological polar surface area (TPSA) is 66.5 Å². The van der Waals surface area contributed by atoms with Crippen LogP contribution in [0.15, 0.2) is 36.4 Å². The highest BCUT2D eigenvalue weighted by atomic mass is 35.5. The van der Waals surface area contributed by atoms with Crippen LogP contribution in [0.4, 0.5) is 5.69 Å². The molecule has 1 atom stereocenters. The Morgan fingerprint density at radius 1 is 1.09 bits per heavy atom. The molecule has 5 nitrogen and oxygen atoms in total. The molecule has 32 heavy (non-hydrogen) atoms. The molecule has 0 fully saturated rings. The molecular weight excluding hydrogens is 467 g/mol. The number of anilines is 1. The van der Waals surface area contributed by atoms with E-state index >= 15 is 0 Å². The molecule has 0 heterocycles. The molecule has 1 amide bonds. The summed E-state index contributed by atoms with van der Waals surface area (Å²) < 4.78 is 25.8. The smallest absolute Gasteiger partial charge is 0.232 e. The van der Waals surface area contributed by atoms with Crippen LogP contribution in [0.25, 0.3) is 0 Å². The van der Waals surface area contributed by atoms with E-state index in [2.05, 4.69) is 30.4 Å². The Morgan fingerprint density at radius 2 is 1.81 bits per heavy atom. The molecule has 0 bridgehead atoms. The molecule has 1 aliphatic rings. The van der Waals surface area contributed by atoms with E-state index < -0.39 is 10.0 Å². The summed E-state index contributed by atoms with van der Waals surface area (Å²) in [5.74, 6) is -0.0970. The summed E-state index contributed by atoms with van der Waals surface area (Å²) >= 11 is 12.2. The first kappa shape index (κ1) is 24.9. The molecule has 0 saturated heterocycles. The number of hydrogen-bond donors (Lipinski definition) is 1. The highest BCUT2D eigenvalue weighted by molar-refractivity contribution is 7.92. The van der Waals surface area contributed by atoms with Crippen LogP contribution in [0.5, 0.6) is 0 Å². The Kier molecular flexibility index (Phi) is 8.48. The van der Waals surface area contributed by atoms with E-state index in [0.29, 0.717) is 22.2 Å². The van der Waals surface area contributed by atoms with E-state index in [9.17, 15) is 13.2 Å². The zero-order valence-electron chi connectivity index (χ0n) is 18.5. The van der Waals surface area contributed by atoms with Crippen LogP contribution in [0, 0.1) is 0 Å². The number of hydrogen-bond acceptors (Lipinski definition) is 3. The van der Waals surface area contributed by atoms with Crippen LogP contribution >= 0.6 is 23.2 Å². The third-order valence-corrected chi connectivity index (χ3v) is 7.60. The first-order valence-electron chi connectivity index (χ1n) is 11.0. The van der Waals surface area contributed by atoms with Gasteiger partial charge in [-0.3, -0.25) is 9.10 Å². The molecule has 0 unspecified atom stereocenters. The largest absolute Gasteiger partial charge is 0.349 e. The van der Waals surface area contributed by atoms with Crippen molar-refractivity contribution in [3.63, 3.8) is 0 Å². The fraction of sp³-hybridized carbons (Fsp3) is 0.458. The van der Waals surface area contributed by atoms with E-state index in [1.54, 1.807) is 12.1 Å². The van der Waals surface area contributed by atoms with Crippen LogP contribution in [0.3, 0.4) is 0 Å². The number of rotatable bonds is 9. The molecule has 0 saturated carbocycles. The number of benzene rings is 2. The summed E-state index contributed by atoms with van der Waals surface area (Å²) in [7, 11) is -3.58. The van der Waals surface area contributed by atoms with Crippen molar-refractivity contribution in [3.05, 3.63) is 63.1 Å². The normalized spacial score (nSPS) is 14.5. The summed E-state index contributed by atoms with van der Waals surface area (Å²) in [6.45, 7) is 2.19. The molecule has 2 aromatic rings. The number of carbonyl (C=O) groups excluding carboxylic acids is 1. The predicted octanol–water partition coefficient (Wildman–Crippen LogP) is 5.69. The van der Waals surface area contributed by atoms with Gasteiger partial charge in [0.2, 0.25) is 15.9 Å². The van der Waals surface area contributed by atoms with Gasteiger partial charge in [0.25, 0.3) is 0 Å². The Morgan fingerprint density at radius 3 is 2.50 bits per heavy atom. The molecule has 1 N–H and O–H groups in total. The zero-order valence-corrected chi connectivity index (χ0v) is 20.9. The van der Waals surface area contributed by atoms with Gasteiger partial charge in [0.1, 0.15) is 0 Å². The molecular formula is C24H30Cl2N2O3S. The second kappa shape index (κ2) is 10.9. The molecule has 8 heteroatoms. The van der Waals surface area contributed by atoms with Gasteiger partial charge in [-0.1, -0.05) is 48.3 Å². The quantitative estimate of drug-likeness (QED) is 0.484. The number of carbonyl (C=O) groups is 1. The summed E-state index contributed by atoms with van der Waals surface area (Å²) in [6, 6.07) is 11.2. The minimum absolute atomic E-state index is 0.0527. The Balaban J connectivity index is 1.62. The van der Waals surface area contributed by atoms with Gasteiger partial charge in [-0.05, 0) is 73.4 Å². The maximum Gasteiger partial charge on any atom is 0.232 e. The molecule has 0 radical (unpaired) electrons. The van der Waals surface area contributed by atoms with Crippen molar-refractivity contribution in [1.29, 1.82) is 0 Å². The summed E-state index contributed by atoms with van der Waals surface area (Å²) in [5.41, 5.74) is 4.26. The van der Waals surface area contributed by atoms with Crippen molar-refractivity contribution in [2.24, 2.45) is 0 Å². The lowest BCUT2D eigenvalue weighted by Crippen LogP contribution is -2.33. The average molecular weight is 497 g/mol. The number of amides is 1. The van der Waals surface area contributed by atoms with Crippen LogP contribution in [-0.2, 0) is 27.7 Å². The van der Waals surface area contributed by atoms with E-state index in [0.717, 1.165) is 31.1 Å². The van der Waals surface area contributed by atoms with E-state index in [1.165, 1.54) is 34.3 Å². The molecule has 0 aliphatic heterocycles. The number of fused-ring (bicyclic) bond motifs is 1. The van der Waals surface area contributed by atoms with Gasteiger partial charge in [0, 0.05) is 18.0 Å². The first-order valence-corrected chi connectivity index (χ1v) is 13.6. The Bertz CT molecular complexity index is 1070. The van der Waals surface area contributed by atoms with E-state index in [1.807, 2.05) is 0 Å². The van der Waals surface area contributed by atoms with Gasteiger partial charge in [-0.2, -0.15) is 0 Å². The third kappa shape index (κ3) is 6.40. The lowest BCUT2D eigenvalue weighted by molar-refractivity contribution is -0.121. The Hall–Kier alpha value is -1.76. The number of nitrogens with one attached hydrogen (secondary N) is 1. The maximum absolute atomic E-state index is 12.6. The van der Waals surface area contributed by atoms with Crippen molar-refractivity contribution < 1.29 is 13.2 Å². The highest BCUT2D eigenvalue weighted by Crippen LogP contribution is 2.31. The summed E-state index contributed by atoms with van der Waals surface area (Å²) in [6.07, 6.45) is 7.17. The van der Waals surface area contributed by atoms with Crippen molar-refractivity contribution >= 4 is 44.8 Å². The standard InChI is InChI=1S/C24H30Cl2N2O3S/c1-3-22(19-11-10-17-7-4-5-8-18(17)15-19)27-24(29)9-6-14-28(32(2,30)31)23-16-20(25)12-13-21(23)26/h10-13,15-16,22H,3-9,14H2,1-2H3,(H,27,29)/t22-/m0/s1. The van der Waals surface area contributed by atoms with Crippen LogP contribution < -0.4 is 9.62 Å². The molecule has 2 aromatic carbocycles. The predicted molar refractivity (Wildman–Crippen MR) is 132 cm³/mol. The van der Waals surface area contributed by atoms with E-state index in [4.69, 9.17) is 23.2 Å². The van der Waals surface area contributed by atoms with Crippen molar-refractivity contribution in [2.75, 3.05) is 17.1 Å². The van der Waals surface area contributed by atoms with Crippen molar-refractivity contribution in [3.8, 4) is 0 Å². The van der Waals surface area contributed by atoms with E-state index in [-0.39, 0.29) is 24.9 Å². The van der Waals surface area contributed by atoms with Crippen LogP contribution in [0.2, 0.25) is 10.0 Å². The zero-order chi connectivity index (χ0) is 23.3. The number of nitrogens with zero attached hydrogens (tertiary/aromatic N) is 1. The van der Waals surface area contributed by atoms with Gasteiger partial charge in [0.05, 0.1) is 23.0 Å². The van der Waals surface area contributed by atoms with Crippen LogP contribution in [0.1, 0.15) is 61.8 Å². The lowest BCUT2D eigenvalue weighted by atomic mass is 9.89. The molecule has 1 aliphatic carbocycles. The number of aryl methyl sites for hydroxylation is 2. The van der Waals surface area contributed by atoms with Crippen molar-refractivity contribution in [1.82, 2.24) is 5.32 Å². The fourth-order valence-corrected chi connectivity index (χ4v) is 5.59. The highest BCUT2D eigenvalue weighted by Gasteiger charge is 2.21. The average Bonchev–Trinajstić information content (AvgIpc) is 2.76. The second-order valence-corrected chi connectivity index (χ2v) is 11.0. The molecule has 0 aromatic heterocycles. The lowest BCUT2D eigenvalue weighted by Gasteiger charge is -2.24. The van der Waals surface area contributed by atoms with Gasteiger partial charge >= 0.3 is 0 Å². The van der Waals surface area contributed by atoms with Gasteiger partial charge < -0.3 is 5.32 Å². The molecule has 174 valence electrons. The first-order chi connectivity index (χ1) is 15.2. The van der Waals surface area contributed by atoms with Crippen LogP contribution in [-0.4, -0.2) is 27.1 Å². The maximum atomic E-state index is 12.6. The van der Waals surface area contributed by atoms with Crippen molar-refractivity contribution in [2.45, 2.75) is 57.9 Å². The van der Waals surface area contributed by atoms with Gasteiger partial charge in [-0.25, -0.2) is 8.42 Å². The minimum Gasteiger partial charge on any atom is -0.349 e. The molecule has 0 spiro atoms. The second-order valence-electron chi connectivity index (χ2n) is 8.30. The van der Waals surface area contributed by atoms with Gasteiger partial charge in [-0.15, -0.1) is 0 Å². The number of sulfonamides is 1. The molecule has 3 rings (SSSR count). The number of halogens is 2. The Labute approximate surface area is 201 Å².